The number of hydrogen-bond acceptors (Lipinski definition) is 7. The molecule has 0 saturated heterocycles. The number of nitrogens with one attached hydrogen (secondary N) is 2. The molecule has 9 heteroatoms. The summed E-state index contributed by atoms with van der Waals surface area (Å²) in [7, 11) is 0. The van der Waals surface area contributed by atoms with Gasteiger partial charge < -0.3 is 19.0 Å². The van der Waals surface area contributed by atoms with E-state index in [1.54, 1.807) is 38.1 Å². The number of hydrogen-bond donors (Lipinski definition) is 2. The van der Waals surface area contributed by atoms with Gasteiger partial charge in [-0.1, -0.05) is 11.2 Å². The van der Waals surface area contributed by atoms with Gasteiger partial charge >= 0.3 is 5.97 Å². The topological polar surface area (TPSA) is 124 Å². The first-order valence-corrected chi connectivity index (χ1v) is 8.74. The molecule has 2 amide bonds. The summed E-state index contributed by atoms with van der Waals surface area (Å²) in [5.41, 5.74) is 1.96. The highest BCUT2D eigenvalue weighted by molar-refractivity contribution is 6.03. The minimum atomic E-state index is -1.07. The zero-order chi connectivity index (χ0) is 21.0. The molecule has 3 rings (SSSR count). The highest BCUT2D eigenvalue weighted by atomic mass is 16.5. The molecule has 0 saturated carbocycles. The summed E-state index contributed by atoms with van der Waals surface area (Å²) in [6.07, 6.45) is 0.317. The molecule has 9 nitrogen and oxygen atoms in total. The van der Waals surface area contributed by atoms with Crippen LogP contribution in [0.4, 0.5) is 11.6 Å². The minimum Gasteiger partial charge on any atom is -0.459 e. The standard InChI is InChI=1S/C20H19N3O6/c1-11-6-7-14(10-15(11)21-19(25)16-5-4-8-27-16)20(26)28-13(3)18(24)22-17-9-12(2)23-29-17/h4-10,13H,1-3H3,(H,21,25)(H,22,24)/t13-/m0/s1. The van der Waals surface area contributed by atoms with Gasteiger partial charge in [0.05, 0.1) is 17.5 Å². The Kier molecular flexibility index (Phi) is 5.77. The molecule has 1 atom stereocenters. The molecule has 0 radical (unpaired) electrons. The van der Waals surface area contributed by atoms with Gasteiger partial charge in [-0.3, -0.25) is 14.9 Å². The second kappa shape index (κ2) is 8.42. The van der Waals surface area contributed by atoms with Crippen LogP contribution in [0.2, 0.25) is 0 Å². The molecular weight excluding hydrogens is 378 g/mol. The summed E-state index contributed by atoms with van der Waals surface area (Å²) in [5, 5.41) is 8.81. The van der Waals surface area contributed by atoms with E-state index in [1.165, 1.54) is 25.3 Å². The average molecular weight is 397 g/mol. The second-order valence-electron chi connectivity index (χ2n) is 6.33. The number of nitrogens with zero attached hydrogens (tertiary/aromatic N) is 1. The van der Waals surface area contributed by atoms with E-state index >= 15 is 0 Å². The fourth-order valence-corrected chi connectivity index (χ4v) is 2.40. The third kappa shape index (κ3) is 4.89. The molecule has 2 N–H and O–H groups in total. The monoisotopic (exact) mass is 397 g/mol. The van der Waals surface area contributed by atoms with Crippen molar-refractivity contribution in [2.75, 3.05) is 10.6 Å². The van der Waals surface area contributed by atoms with E-state index in [0.29, 0.717) is 11.4 Å². The van der Waals surface area contributed by atoms with Crippen LogP contribution in [0.1, 0.15) is 39.1 Å². The molecule has 2 heterocycles. The molecule has 29 heavy (non-hydrogen) atoms. The first kappa shape index (κ1) is 19.9. The van der Waals surface area contributed by atoms with Crippen molar-refractivity contribution in [2.24, 2.45) is 0 Å². The number of amides is 2. The lowest BCUT2D eigenvalue weighted by atomic mass is 10.1. The van der Waals surface area contributed by atoms with Crippen LogP contribution in [0, 0.1) is 13.8 Å². The van der Waals surface area contributed by atoms with E-state index in [2.05, 4.69) is 15.8 Å². The SMILES string of the molecule is Cc1cc(NC(=O)[C@H](C)OC(=O)c2ccc(C)c(NC(=O)c3ccco3)c2)on1. The molecular formula is C20H19N3O6. The van der Waals surface area contributed by atoms with Crippen molar-refractivity contribution < 1.29 is 28.1 Å². The Morgan fingerprint density at radius 2 is 1.90 bits per heavy atom. The van der Waals surface area contributed by atoms with E-state index < -0.39 is 23.9 Å². The summed E-state index contributed by atoms with van der Waals surface area (Å²) in [6.45, 7) is 4.93. The van der Waals surface area contributed by atoms with E-state index in [4.69, 9.17) is 13.7 Å². The van der Waals surface area contributed by atoms with E-state index in [9.17, 15) is 14.4 Å². The smallest absolute Gasteiger partial charge is 0.338 e. The molecule has 150 valence electrons. The number of carbonyl (C=O) groups excluding carboxylic acids is 3. The van der Waals surface area contributed by atoms with Gasteiger partial charge in [0.1, 0.15) is 0 Å². The van der Waals surface area contributed by atoms with Crippen LogP contribution in [-0.2, 0) is 9.53 Å². The second-order valence-corrected chi connectivity index (χ2v) is 6.33. The summed E-state index contributed by atoms with van der Waals surface area (Å²) in [5.74, 6) is -1.42. The number of anilines is 2. The zero-order valence-corrected chi connectivity index (χ0v) is 16.0. The normalized spacial score (nSPS) is 11.6. The van der Waals surface area contributed by atoms with Gasteiger partial charge in [-0.25, -0.2) is 4.79 Å². The van der Waals surface area contributed by atoms with Gasteiger partial charge in [0.25, 0.3) is 11.8 Å². The summed E-state index contributed by atoms with van der Waals surface area (Å²) in [4.78, 5) is 36.7. The van der Waals surface area contributed by atoms with Crippen molar-refractivity contribution in [1.82, 2.24) is 5.16 Å². The van der Waals surface area contributed by atoms with Crippen molar-refractivity contribution in [3.63, 3.8) is 0 Å². The van der Waals surface area contributed by atoms with Gasteiger partial charge in [0, 0.05) is 11.8 Å². The fourth-order valence-electron chi connectivity index (χ4n) is 2.40. The maximum atomic E-state index is 12.4. The molecule has 0 aliphatic carbocycles. The number of ether oxygens (including phenoxy) is 1. The van der Waals surface area contributed by atoms with Crippen molar-refractivity contribution in [2.45, 2.75) is 26.9 Å². The Bertz CT molecular complexity index is 1040. The lowest BCUT2D eigenvalue weighted by Gasteiger charge is -2.13. The molecule has 0 bridgehead atoms. The Hall–Kier alpha value is -3.88. The minimum absolute atomic E-state index is 0.144. The number of benzene rings is 1. The van der Waals surface area contributed by atoms with Gasteiger partial charge in [-0.05, 0) is 50.6 Å². The number of aryl methyl sites for hydroxylation is 2. The predicted molar refractivity (Wildman–Crippen MR) is 103 cm³/mol. The van der Waals surface area contributed by atoms with Crippen molar-refractivity contribution in [3.05, 3.63) is 65.2 Å². The lowest BCUT2D eigenvalue weighted by Crippen LogP contribution is -2.29. The number of rotatable bonds is 6. The van der Waals surface area contributed by atoms with E-state index in [1.807, 2.05) is 0 Å². The Morgan fingerprint density at radius 3 is 2.55 bits per heavy atom. The zero-order valence-electron chi connectivity index (χ0n) is 16.0. The maximum Gasteiger partial charge on any atom is 0.338 e. The van der Waals surface area contributed by atoms with Gasteiger partial charge in [0.15, 0.2) is 11.9 Å². The van der Waals surface area contributed by atoms with Crippen LogP contribution in [0.15, 0.2) is 51.6 Å². The summed E-state index contributed by atoms with van der Waals surface area (Å²) >= 11 is 0. The quantitative estimate of drug-likeness (QED) is 0.612. The molecule has 1 aromatic carbocycles. The number of esters is 1. The molecule has 0 aliphatic rings. The van der Waals surface area contributed by atoms with Crippen LogP contribution in [0.3, 0.4) is 0 Å². The van der Waals surface area contributed by atoms with Crippen LogP contribution in [0.25, 0.3) is 0 Å². The van der Waals surface area contributed by atoms with E-state index in [0.717, 1.165) is 5.56 Å². The van der Waals surface area contributed by atoms with Crippen molar-refractivity contribution in [1.29, 1.82) is 0 Å². The first-order chi connectivity index (χ1) is 13.8. The Labute approximate surface area is 166 Å². The fraction of sp³-hybridized carbons (Fsp3) is 0.200. The number of furan rings is 1. The third-order valence-electron chi connectivity index (χ3n) is 3.99. The predicted octanol–water partition coefficient (Wildman–Crippen LogP) is 3.32. The molecule has 3 aromatic rings. The maximum absolute atomic E-state index is 12.4. The lowest BCUT2D eigenvalue weighted by molar-refractivity contribution is -0.123. The summed E-state index contributed by atoms with van der Waals surface area (Å²) in [6, 6.07) is 9.35. The molecule has 0 spiro atoms. The number of carbonyl (C=O) groups is 3. The molecule has 0 fully saturated rings. The number of aromatic nitrogens is 1. The van der Waals surface area contributed by atoms with Crippen LogP contribution >= 0.6 is 0 Å². The molecule has 0 aliphatic heterocycles. The van der Waals surface area contributed by atoms with Gasteiger partial charge in [-0.15, -0.1) is 0 Å². The van der Waals surface area contributed by atoms with Crippen molar-refractivity contribution >= 4 is 29.4 Å². The first-order valence-electron chi connectivity index (χ1n) is 8.74. The highest BCUT2D eigenvalue weighted by Gasteiger charge is 2.21. The Balaban J connectivity index is 1.65. The molecule has 0 unspecified atom stereocenters. The van der Waals surface area contributed by atoms with Crippen LogP contribution in [0.5, 0.6) is 0 Å². The van der Waals surface area contributed by atoms with Gasteiger partial charge in [0.2, 0.25) is 5.88 Å². The summed E-state index contributed by atoms with van der Waals surface area (Å²) < 4.78 is 15.2. The average Bonchev–Trinajstić information content (AvgIpc) is 3.35. The van der Waals surface area contributed by atoms with Crippen LogP contribution in [-0.4, -0.2) is 29.0 Å². The third-order valence-corrected chi connectivity index (χ3v) is 3.99. The largest absolute Gasteiger partial charge is 0.459 e. The van der Waals surface area contributed by atoms with E-state index in [-0.39, 0.29) is 17.2 Å². The van der Waals surface area contributed by atoms with Gasteiger partial charge in [-0.2, -0.15) is 0 Å². The Morgan fingerprint density at radius 1 is 1.10 bits per heavy atom. The molecule has 2 aromatic heterocycles. The van der Waals surface area contributed by atoms with Crippen LogP contribution < -0.4 is 10.6 Å². The highest BCUT2D eigenvalue weighted by Crippen LogP contribution is 2.19. The van der Waals surface area contributed by atoms with Crippen molar-refractivity contribution in [3.8, 4) is 0 Å².